The van der Waals surface area contributed by atoms with Gasteiger partial charge in [0.15, 0.2) is 0 Å². The first-order chi connectivity index (χ1) is 28.7. The van der Waals surface area contributed by atoms with Crippen LogP contribution in [-0.4, -0.2) is 24.5 Å². The summed E-state index contributed by atoms with van der Waals surface area (Å²) in [5.41, 5.74) is 17.1. The molecule has 0 aliphatic carbocycles. The first kappa shape index (κ1) is 35.1. The molecule has 0 saturated heterocycles. The predicted octanol–water partition coefficient (Wildman–Crippen LogP) is 12.6. The third-order valence-electron chi connectivity index (χ3n) is 11.1. The Bertz CT molecular complexity index is 2850. The van der Waals surface area contributed by atoms with Crippen LogP contribution in [0.25, 0.3) is 96.6 Å². The van der Waals surface area contributed by atoms with Crippen LogP contribution in [0.4, 0.5) is 0 Å². The molecule has 8 aromatic rings. The van der Waals surface area contributed by atoms with Crippen LogP contribution in [0.3, 0.4) is 0 Å². The van der Waals surface area contributed by atoms with Crippen molar-refractivity contribution in [1.29, 1.82) is 0 Å². The van der Waals surface area contributed by atoms with Gasteiger partial charge in [-0.1, -0.05) is 104 Å². The van der Waals surface area contributed by atoms with E-state index in [1.54, 1.807) is 0 Å². The lowest BCUT2D eigenvalue weighted by Crippen LogP contribution is -2.30. The summed E-state index contributed by atoms with van der Waals surface area (Å²) in [5.74, 6) is 0. The number of benzene rings is 4. The number of nitrogens with one attached hydrogen (secondary N) is 2. The van der Waals surface area contributed by atoms with Gasteiger partial charge in [-0.2, -0.15) is 0 Å². The van der Waals surface area contributed by atoms with E-state index in [-0.39, 0.29) is 0 Å². The minimum atomic E-state index is 0.870. The number of aromatic nitrogens is 6. The van der Waals surface area contributed by atoms with Crippen molar-refractivity contribution in [3.63, 3.8) is 0 Å². The Labute approximate surface area is 338 Å². The molecule has 0 saturated carbocycles. The summed E-state index contributed by atoms with van der Waals surface area (Å²) in [6, 6.07) is 49.2. The highest BCUT2D eigenvalue weighted by Crippen LogP contribution is 2.38. The van der Waals surface area contributed by atoms with Crippen molar-refractivity contribution in [3.05, 3.63) is 181 Å². The summed E-state index contributed by atoms with van der Waals surface area (Å²) in [6.07, 6.45) is 18.7. The van der Waals surface area contributed by atoms with Gasteiger partial charge in [-0.05, 0) is 108 Å². The number of nitrogens with zero attached hydrogens (tertiary/aromatic N) is 4. The number of hydrogen-bond donors (Lipinski definition) is 2. The maximum Gasteiger partial charge on any atom is 0.248 e. The maximum absolute atomic E-state index is 5.45. The third kappa shape index (κ3) is 6.69. The number of aryl methyl sites for hydroxylation is 1. The molecule has 10 rings (SSSR count). The van der Waals surface area contributed by atoms with Crippen molar-refractivity contribution in [3.8, 4) is 50.2 Å². The number of fused-ring (bicyclic) bond motifs is 8. The quantitative estimate of drug-likeness (QED) is 0.114. The van der Waals surface area contributed by atoms with E-state index in [9.17, 15) is 0 Å². The number of unbranched alkanes of at least 4 members (excludes halogenated alkanes) is 2. The fraction of sp³-hybridized carbons (Fsp3) is 0.0962. The molecule has 6 heteroatoms. The van der Waals surface area contributed by atoms with Gasteiger partial charge in [0, 0.05) is 44.3 Å². The number of H-pyrrole nitrogens is 2. The average Bonchev–Trinajstić information content (AvgIpc) is 4.14. The van der Waals surface area contributed by atoms with Crippen LogP contribution < -0.4 is 4.57 Å². The molecule has 8 bridgehead atoms. The molecule has 6 heterocycles. The Morgan fingerprint density at radius 2 is 0.897 bits per heavy atom. The summed E-state index contributed by atoms with van der Waals surface area (Å²) in [4.78, 5) is 18.6. The predicted molar refractivity (Wildman–Crippen MR) is 240 cm³/mol. The molecule has 2 aliphatic heterocycles. The van der Waals surface area contributed by atoms with E-state index in [4.69, 9.17) is 9.97 Å². The summed E-state index contributed by atoms with van der Waals surface area (Å²) in [6.45, 7) is 3.27. The summed E-state index contributed by atoms with van der Waals surface area (Å²) in [7, 11) is 0. The zero-order valence-electron chi connectivity index (χ0n) is 32.4. The van der Waals surface area contributed by atoms with E-state index in [2.05, 4.69) is 209 Å². The maximum atomic E-state index is 5.45. The Morgan fingerprint density at radius 1 is 0.466 bits per heavy atom. The minimum absolute atomic E-state index is 0.870. The Balaban J connectivity index is 1.26. The van der Waals surface area contributed by atoms with Gasteiger partial charge >= 0.3 is 0 Å². The molecule has 58 heavy (non-hydrogen) atoms. The molecular weight excluding hydrogens is 709 g/mol. The Kier molecular flexibility index (Phi) is 9.28. The van der Waals surface area contributed by atoms with Crippen molar-refractivity contribution in [1.82, 2.24) is 24.5 Å². The van der Waals surface area contributed by atoms with Crippen molar-refractivity contribution in [2.24, 2.45) is 0 Å². The highest BCUT2D eigenvalue weighted by molar-refractivity contribution is 6.00. The Morgan fingerprint density at radius 3 is 1.38 bits per heavy atom. The second-order valence-corrected chi connectivity index (χ2v) is 14.9. The van der Waals surface area contributed by atoms with Crippen LogP contribution in [0, 0.1) is 0 Å². The van der Waals surface area contributed by atoms with Crippen LogP contribution in [0.5, 0.6) is 0 Å². The van der Waals surface area contributed by atoms with Crippen molar-refractivity contribution < 1.29 is 4.57 Å². The molecule has 0 fully saturated rings. The number of hydrogen-bond acceptors (Lipinski definition) is 2. The molecule has 6 nitrogen and oxygen atoms in total. The van der Waals surface area contributed by atoms with Crippen LogP contribution >= 0.6 is 0 Å². The van der Waals surface area contributed by atoms with Crippen molar-refractivity contribution >= 4 is 46.4 Å². The number of aromatic amines is 2. The smallest absolute Gasteiger partial charge is 0.248 e. The first-order valence-corrected chi connectivity index (χ1v) is 20.2. The van der Waals surface area contributed by atoms with E-state index in [1.165, 1.54) is 19.3 Å². The summed E-state index contributed by atoms with van der Waals surface area (Å²) >= 11 is 0. The zero-order chi connectivity index (χ0) is 38.8. The minimum Gasteiger partial charge on any atom is -0.354 e. The summed E-state index contributed by atoms with van der Waals surface area (Å²) in [5, 5.41) is 0. The number of imidazole rings is 1. The monoisotopic (exact) mass is 751 g/mol. The lowest BCUT2D eigenvalue weighted by atomic mass is 10.0. The second-order valence-electron chi connectivity index (χ2n) is 14.9. The molecule has 4 aromatic carbocycles. The molecule has 280 valence electrons. The first-order valence-electron chi connectivity index (χ1n) is 20.2. The molecule has 0 radical (unpaired) electrons. The second kappa shape index (κ2) is 15.3. The van der Waals surface area contributed by atoms with E-state index in [0.717, 1.165) is 102 Å². The van der Waals surface area contributed by atoms with Gasteiger partial charge in [-0.3, -0.25) is 0 Å². The van der Waals surface area contributed by atoms with Crippen LogP contribution in [0.15, 0.2) is 158 Å². The van der Waals surface area contributed by atoms with Crippen molar-refractivity contribution in [2.45, 2.75) is 32.7 Å². The van der Waals surface area contributed by atoms with E-state index >= 15 is 0 Å². The fourth-order valence-corrected chi connectivity index (χ4v) is 8.26. The van der Waals surface area contributed by atoms with E-state index in [0.29, 0.717) is 0 Å². The molecule has 2 aliphatic rings. The zero-order valence-corrected chi connectivity index (χ0v) is 32.4. The van der Waals surface area contributed by atoms with Gasteiger partial charge in [-0.15, -0.1) is 0 Å². The van der Waals surface area contributed by atoms with Gasteiger partial charge in [0.2, 0.25) is 6.33 Å². The summed E-state index contributed by atoms with van der Waals surface area (Å²) < 4.78 is 4.46. The number of rotatable bonds is 9. The normalized spacial score (nSPS) is 12.0. The van der Waals surface area contributed by atoms with E-state index < -0.39 is 0 Å². The molecular formula is C52H43N6+. The van der Waals surface area contributed by atoms with Gasteiger partial charge in [0.25, 0.3) is 0 Å². The fourth-order valence-electron chi connectivity index (χ4n) is 8.26. The van der Waals surface area contributed by atoms with Gasteiger partial charge < -0.3 is 9.97 Å². The molecule has 0 amide bonds. The van der Waals surface area contributed by atoms with Gasteiger partial charge in [-0.25, -0.2) is 19.1 Å². The van der Waals surface area contributed by atoms with Gasteiger partial charge in [0.05, 0.1) is 29.3 Å². The Hall–Kier alpha value is -7.31. The average molecular weight is 752 g/mol. The largest absolute Gasteiger partial charge is 0.354 e. The highest BCUT2D eigenvalue weighted by atomic mass is 15.1. The lowest BCUT2D eigenvalue weighted by molar-refractivity contribution is -0.696. The standard InChI is InChI=1S/C52H43N6/c1-2-3-13-32-57-33-34-58(35-57)40-22-20-39(21-23-40)52-47-30-28-45(55-47)50(37-16-9-5-10-17-37)43-26-24-41(53-43)49(36-14-7-4-8-15-36)42-25-27-44(54-42)51(38-18-11-6-12-19-38)46-29-31-48(52)56-46/h4-12,14-31,33-35,53-54H,2-3,13,32H2,1H3/q+1. The van der Waals surface area contributed by atoms with Gasteiger partial charge in [0.1, 0.15) is 18.1 Å². The molecule has 2 N–H and O–H groups in total. The lowest BCUT2D eigenvalue weighted by Gasteiger charge is -2.07. The highest BCUT2D eigenvalue weighted by Gasteiger charge is 2.20. The SMILES string of the molecule is CCCCC[n+]1ccn(-c2ccc(-c3c4nc(c(-c5ccccc5)c5ccc([nH]5)c(-c5ccccc5)c5ccc([nH]5)c(-c5ccccc5)c5nc3C=C5)C=C4)cc2)c1. The van der Waals surface area contributed by atoms with Crippen molar-refractivity contribution in [2.75, 3.05) is 0 Å². The van der Waals surface area contributed by atoms with Crippen LogP contribution in [0.2, 0.25) is 0 Å². The topological polar surface area (TPSA) is 66.2 Å². The molecule has 0 spiro atoms. The van der Waals surface area contributed by atoms with Crippen LogP contribution in [-0.2, 0) is 6.54 Å². The molecule has 4 aromatic heterocycles. The third-order valence-corrected chi connectivity index (χ3v) is 11.1. The van der Waals surface area contributed by atoms with Crippen LogP contribution in [0.1, 0.15) is 49.0 Å². The molecule has 0 atom stereocenters. The van der Waals surface area contributed by atoms with E-state index in [1.807, 2.05) is 0 Å². The molecule has 0 unspecified atom stereocenters.